The van der Waals surface area contributed by atoms with Gasteiger partial charge >= 0.3 is 5.69 Å². The molecule has 1 saturated heterocycles. The number of morpholine rings is 1. The summed E-state index contributed by atoms with van der Waals surface area (Å²) < 4.78 is 22.1. The molecule has 3 heterocycles. The summed E-state index contributed by atoms with van der Waals surface area (Å²) in [6.45, 7) is 3.95. The van der Waals surface area contributed by atoms with Gasteiger partial charge in [-0.15, -0.1) is 11.8 Å². The van der Waals surface area contributed by atoms with Crippen LogP contribution in [0, 0.1) is 5.82 Å². The fourth-order valence-electron chi connectivity index (χ4n) is 3.39. The topological polar surface area (TPSA) is 82.2 Å². The Balaban J connectivity index is 1.80. The maximum absolute atomic E-state index is 14.4. The van der Waals surface area contributed by atoms with E-state index in [9.17, 15) is 14.0 Å². The minimum absolute atomic E-state index is 0.151. The maximum Gasteiger partial charge on any atom is 0.332 e. The highest BCUT2D eigenvalue weighted by molar-refractivity contribution is 7.99. The van der Waals surface area contributed by atoms with Gasteiger partial charge in [-0.25, -0.2) is 19.2 Å². The molecule has 2 aromatic heterocycles. The van der Waals surface area contributed by atoms with Crippen molar-refractivity contribution in [2.24, 2.45) is 14.1 Å². The highest BCUT2D eigenvalue weighted by Gasteiger charge is 2.20. The Morgan fingerprint density at radius 3 is 2.57 bits per heavy atom. The molecule has 0 aliphatic carbocycles. The second-order valence-electron chi connectivity index (χ2n) is 7.04. The van der Waals surface area contributed by atoms with Crippen LogP contribution in [-0.2, 0) is 18.8 Å². The van der Waals surface area contributed by atoms with Crippen molar-refractivity contribution in [2.75, 3.05) is 38.6 Å². The van der Waals surface area contributed by atoms with E-state index in [2.05, 4.69) is 14.9 Å². The molecule has 158 valence electrons. The zero-order chi connectivity index (χ0) is 21.3. The molecule has 1 aliphatic heterocycles. The third kappa shape index (κ3) is 3.90. The molecule has 3 aromatic rings. The number of aryl methyl sites for hydroxylation is 1. The van der Waals surface area contributed by atoms with Crippen molar-refractivity contribution >= 4 is 22.8 Å². The number of nitrogens with zero attached hydrogens (tertiary/aromatic N) is 5. The number of halogens is 1. The largest absolute Gasteiger partial charge is 0.379 e. The van der Waals surface area contributed by atoms with Crippen LogP contribution in [-0.4, -0.2) is 62.6 Å². The van der Waals surface area contributed by atoms with E-state index in [0.717, 1.165) is 24.2 Å². The van der Waals surface area contributed by atoms with E-state index in [1.165, 1.54) is 29.4 Å². The second-order valence-corrected chi connectivity index (χ2v) is 8.12. The van der Waals surface area contributed by atoms with Gasteiger partial charge in [-0.1, -0.05) is 12.1 Å². The first-order valence-electron chi connectivity index (χ1n) is 9.63. The molecular weight excluding hydrogens is 409 g/mol. The van der Waals surface area contributed by atoms with Crippen molar-refractivity contribution in [1.82, 2.24) is 24.0 Å². The summed E-state index contributed by atoms with van der Waals surface area (Å²) in [6.07, 6.45) is 0. The van der Waals surface area contributed by atoms with Gasteiger partial charge in [0.15, 0.2) is 11.5 Å². The fraction of sp³-hybridized carbons (Fsp3) is 0.400. The molecule has 0 unspecified atom stereocenters. The molecule has 1 fully saturated rings. The highest BCUT2D eigenvalue weighted by atomic mass is 32.2. The Morgan fingerprint density at radius 2 is 1.83 bits per heavy atom. The quantitative estimate of drug-likeness (QED) is 0.444. The molecule has 1 aliphatic rings. The zero-order valence-electron chi connectivity index (χ0n) is 16.8. The van der Waals surface area contributed by atoms with E-state index in [4.69, 9.17) is 4.74 Å². The minimum Gasteiger partial charge on any atom is -0.379 e. The molecule has 0 saturated carbocycles. The third-order valence-corrected chi connectivity index (χ3v) is 6.09. The number of thioether (sulfide) groups is 1. The third-order valence-electron chi connectivity index (χ3n) is 5.13. The van der Waals surface area contributed by atoms with Gasteiger partial charge in [0.1, 0.15) is 16.2 Å². The van der Waals surface area contributed by atoms with E-state index in [0.29, 0.717) is 24.0 Å². The first-order valence-corrected chi connectivity index (χ1v) is 10.6. The van der Waals surface area contributed by atoms with E-state index < -0.39 is 17.1 Å². The van der Waals surface area contributed by atoms with Crippen molar-refractivity contribution < 1.29 is 9.13 Å². The molecule has 10 heteroatoms. The first-order chi connectivity index (χ1) is 14.5. The molecule has 0 atom stereocenters. The number of ether oxygens (including phenoxy) is 1. The molecule has 30 heavy (non-hydrogen) atoms. The smallest absolute Gasteiger partial charge is 0.332 e. The molecule has 0 spiro atoms. The summed E-state index contributed by atoms with van der Waals surface area (Å²) in [7, 11) is 2.97. The summed E-state index contributed by atoms with van der Waals surface area (Å²) in [4.78, 5) is 36.5. The van der Waals surface area contributed by atoms with Crippen LogP contribution in [0.4, 0.5) is 4.39 Å². The van der Waals surface area contributed by atoms with Gasteiger partial charge in [-0.2, -0.15) is 0 Å². The Kier molecular flexibility index (Phi) is 5.98. The van der Waals surface area contributed by atoms with Gasteiger partial charge in [0.2, 0.25) is 0 Å². The van der Waals surface area contributed by atoms with Gasteiger partial charge < -0.3 is 4.74 Å². The van der Waals surface area contributed by atoms with Crippen molar-refractivity contribution in [2.45, 2.75) is 5.03 Å². The SMILES string of the molecule is Cn1c(=O)c2c(SCCN3CCOCC3)nc(-c3ccccc3F)nc2n(C)c1=O. The molecule has 0 radical (unpaired) electrons. The summed E-state index contributed by atoms with van der Waals surface area (Å²) >= 11 is 1.41. The van der Waals surface area contributed by atoms with E-state index in [1.807, 2.05) is 0 Å². The van der Waals surface area contributed by atoms with Crippen LogP contribution < -0.4 is 11.2 Å². The van der Waals surface area contributed by atoms with Crippen LogP contribution in [0.3, 0.4) is 0 Å². The van der Waals surface area contributed by atoms with Crippen molar-refractivity contribution in [1.29, 1.82) is 0 Å². The van der Waals surface area contributed by atoms with Gasteiger partial charge in [-0.3, -0.25) is 18.8 Å². The molecule has 8 nitrogen and oxygen atoms in total. The lowest BCUT2D eigenvalue weighted by Gasteiger charge is -2.26. The summed E-state index contributed by atoms with van der Waals surface area (Å²) in [5, 5.41) is 0.717. The van der Waals surface area contributed by atoms with Gasteiger partial charge in [-0.05, 0) is 12.1 Å². The van der Waals surface area contributed by atoms with Crippen LogP contribution in [0.5, 0.6) is 0 Å². The Bertz CT molecular complexity index is 1200. The second kappa shape index (κ2) is 8.66. The van der Waals surface area contributed by atoms with Crippen molar-refractivity contribution in [3.63, 3.8) is 0 Å². The van der Waals surface area contributed by atoms with Gasteiger partial charge in [0.25, 0.3) is 5.56 Å². The monoisotopic (exact) mass is 431 g/mol. The van der Waals surface area contributed by atoms with Crippen molar-refractivity contribution in [3.05, 3.63) is 50.9 Å². The standard InChI is InChI=1S/C20H22FN5O3S/c1-24-17-15(19(27)25(2)20(24)28)18(30-12-9-26-7-10-29-11-8-26)23-16(22-17)13-5-3-4-6-14(13)21/h3-6H,7-12H2,1-2H3. The normalized spacial score (nSPS) is 15.0. The molecule has 0 N–H and O–H groups in total. The summed E-state index contributed by atoms with van der Waals surface area (Å²) in [5.41, 5.74) is -0.523. The first kappa shape index (κ1) is 20.7. The molecule has 0 amide bonds. The number of hydrogen-bond donors (Lipinski definition) is 0. The zero-order valence-corrected chi connectivity index (χ0v) is 17.6. The van der Waals surface area contributed by atoms with Crippen LogP contribution in [0.1, 0.15) is 0 Å². The lowest BCUT2D eigenvalue weighted by molar-refractivity contribution is 0.0410. The van der Waals surface area contributed by atoms with Crippen molar-refractivity contribution in [3.8, 4) is 11.4 Å². The lowest BCUT2D eigenvalue weighted by Crippen LogP contribution is -2.38. The number of rotatable bonds is 5. The minimum atomic E-state index is -0.491. The van der Waals surface area contributed by atoms with E-state index in [1.54, 1.807) is 25.2 Å². The van der Waals surface area contributed by atoms with Gasteiger partial charge in [0.05, 0.1) is 18.8 Å². The molecule has 1 aromatic carbocycles. The highest BCUT2D eigenvalue weighted by Crippen LogP contribution is 2.27. The Morgan fingerprint density at radius 1 is 1.10 bits per heavy atom. The van der Waals surface area contributed by atoms with Crippen LogP contribution in [0.15, 0.2) is 38.9 Å². The Labute approximate surface area is 176 Å². The predicted octanol–water partition coefficient (Wildman–Crippen LogP) is 1.26. The van der Waals surface area contributed by atoms with E-state index in [-0.39, 0.29) is 22.4 Å². The van der Waals surface area contributed by atoms with Crippen LogP contribution in [0.25, 0.3) is 22.4 Å². The molecular formula is C20H22FN5O3S. The van der Waals surface area contributed by atoms with Gasteiger partial charge in [0, 0.05) is 39.5 Å². The predicted molar refractivity (Wildman–Crippen MR) is 113 cm³/mol. The number of aromatic nitrogens is 4. The average molecular weight is 431 g/mol. The van der Waals surface area contributed by atoms with Crippen LogP contribution in [0.2, 0.25) is 0 Å². The number of benzene rings is 1. The molecule has 0 bridgehead atoms. The number of fused-ring (bicyclic) bond motifs is 1. The maximum atomic E-state index is 14.4. The summed E-state index contributed by atoms with van der Waals surface area (Å²) in [5.74, 6) is 0.377. The van der Waals surface area contributed by atoms with E-state index >= 15 is 0 Å². The average Bonchev–Trinajstić information content (AvgIpc) is 2.77. The fourth-order valence-corrected chi connectivity index (χ4v) is 4.41. The number of hydrogen-bond acceptors (Lipinski definition) is 7. The summed E-state index contributed by atoms with van der Waals surface area (Å²) in [6, 6.07) is 6.19. The molecule has 4 rings (SSSR count). The van der Waals surface area contributed by atoms with Crippen LogP contribution >= 0.6 is 11.8 Å². The Hall–Kier alpha value is -2.56. The lowest BCUT2D eigenvalue weighted by atomic mass is 10.2.